The van der Waals surface area contributed by atoms with Gasteiger partial charge in [-0.2, -0.15) is 5.10 Å². The van der Waals surface area contributed by atoms with Gasteiger partial charge in [-0.25, -0.2) is 0 Å². The minimum Gasteiger partial charge on any atom is -0.358 e. The van der Waals surface area contributed by atoms with E-state index in [9.17, 15) is 0 Å². The van der Waals surface area contributed by atoms with Crippen molar-refractivity contribution in [3.05, 3.63) is 89.4 Å². The van der Waals surface area contributed by atoms with Crippen LogP contribution in [0.15, 0.2) is 72.0 Å². The summed E-state index contributed by atoms with van der Waals surface area (Å²) in [5.74, 6) is 0.807. The molecule has 4 rings (SSSR count). The van der Waals surface area contributed by atoms with Gasteiger partial charge in [0.2, 0.25) is 0 Å². The average molecular weight is 401 g/mol. The SMILES string of the molecule is CN=C(NCCc1c(C)[nH]c2ccccc12)NCc1ccccc1Cn1cccn1. The fraction of sp³-hybridized carbons (Fsp3) is 0.250. The Labute approximate surface area is 177 Å². The summed E-state index contributed by atoms with van der Waals surface area (Å²) in [6, 6.07) is 18.8. The van der Waals surface area contributed by atoms with Crippen LogP contribution in [0, 0.1) is 6.92 Å². The second-order valence-corrected chi connectivity index (χ2v) is 7.35. The highest BCUT2D eigenvalue weighted by atomic mass is 15.3. The highest BCUT2D eigenvalue weighted by molar-refractivity contribution is 5.84. The third-order valence-electron chi connectivity index (χ3n) is 5.37. The first-order valence-electron chi connectivity index (χ1n) is 10.3. The fourth-order valence-electron chi connectivity index (χ4n) is 3.82. The highest BCUT2D eigenvalue weighted by Crippen LogP contribution is 2.21. The van der Waals surface area contributed by atoms with Crippen molar-refractivity contribution in [1.29, 1.82) is 0 Å². The maximum Gasteiger partial charge on any atom is 0.191 e. The van der Waals surface area contributed by atoms with Crippen LogP contribution in [-0.4, -0.2) is 34.3 Å². The molecule has 2 aromatic carbocycles. The van der Waals surface area contributed by atoms with Gasteiger partial charge in [0.25, 0.3) is 0 Å². The lowest BCUT2D eigenvalue weighted by molar-refractivity contribution is 0.677. The van der Waals surface area contributed by atoms with Crippen molar-refractivity contribution in [2.75, 3.05) is 13.6 Å². The minimum atomic E-state index is 0.712. The molecule has 2 aromatic heterocycles. The molecule has 0 aliphatic heterocycles. The Morgan fingerprint density at radius 1 is 1.03 bits per heavy atom. The number of hydrogen-bond donors (Lipinski definition) is 3. The molecule has 0 saturated carbocycles. The Morgan fingerprint density at radius 3 is 2.63 bits per heavy atom. The number of aromatic nitrogens is 3. The van der Waals surface area contributed by atoms with E-state index in [-0.39, 0.29) is 0 Å². The van der Waals surface area contributed by atoms with Crippen LogP contribution in [0.25, 0.3) is 10.9 Å². The molecule has 154 valence electrons. The molecule has 3 N–H and O–H groups in total. The number of H-pyrrole nitrogens is 1. The summed E-state index contributed by atoms with van der Waals surface area (Å²) >= 11 is 0. The number of fused-ring (bicyclic) bond motifs is 1. The molecule has 0 bridgehead atoms. The van der Waals surface area contributed by atoms with Crippen molar-refractivity contribution < 1.29 is 0 Å². The molecule has 0 spiro atoms. The molecule has 0 aliphatic rings. The molecule has 0 unspecified atom stereocenters. The monoisotopic (exact) mass is 400 g/mol. The van der Waals surface area contributed by atoms with Crippen molar-refractivity contribution in [3.63, 3.8) is 0 Å². The van der Waals surface area contributed by atoms with Crippen LogP contribution in [0.5, 0.6) is 0 Å². The highest BCUT2D eigenvalue weighted by Gasteiger charge is 2.08. The molecule has 0 radical (unpaired) electrons. The first kappa shape index (κ1) is 19.8. The van der Waals surface area contributed by atoms with E-state index in [1.54, 1.807) is 0 Å². The molecular formula is C24H28N6. The maximum absolute atomic E-state index is 4.38. The van der Waals surface area contributed by atoms with E-state index in [2.05, 4.69) is 81.2 Å². The molecule has 6 nitrogen and oxygen atoms in total. The minimum absolute atomic E-state index is 0.712. The number of hydrogen-bond acceptors (Lipinski definition) is 2. The Hall–Kier alpha value is -3.54. The number of para-hydroxylation sites is 1. The normalized spacial score (nSPS) is 11.7. The number of rotatable bonds is 7. The first-order chi connectivity index (χ1) is 14.7. The number of aromatic amines is 1. The van der Waals surface area contributed by atoms with Gasteiger partial charge in [-0.15, -0.1) is 0 Å². The second-order valence-electron chi connectivity index (χ2n) is 7.35. The van der Waals surface area contributed by atoms with E-state index in [4.69, 9.17) is 0 Å². The van der Waals surface area contributed by atoms with Crippen LogP contribution in [-0.2, 0) is 19.5 Å². The predicted molar refractivity (Wildman–Crippen MR) is 123 cm³/mol. The van der Waals surface area contributed by atoms with Gasteiger partial charge in [0.05, 0.1) is 6.54 Å². The lowest BCUT2D eigenvalue weighted by Crippen LogP contribution is -2.38. The molecule has 0 fully saturated rings. The van der Waals surface area contributed by atoms with Crippen LogP contribution in [0.2, 0.25) is 0 Å². The lowest BCUT2D eigenvalue weighted by atomic mass is 10.1. The van der Waals surface area contributed by atoms with Crippen LogP contribution in [0.3, 0.4) is 0 Å². The van der Waals surface area contributed by atoms with Gasteiger partial charge >= 0.3 is 0 Å². The van der Waals surface area contributed by atoms with Crippen LogP contribution < -0.4 is 10.6 Å². The third-order valence-corrected chi connectivity index (χ3v) is 5.37. The summed E-state index contributed by atoms with van der Waals surface area (Å²) in [6.45, 7) is 4.43. The maximum atomic E-state index is 4.38. The molecule has 2 heterocycles. The predicted octanol–water partition coefficient (Wildman–Crippen LogP) is 3.63. The van der Waals surface area contributed by atoms with Crippen molar-refractivity contribution in [2.24, 2.45) is 4.99 Å². The van der Waals surface area contributed by atoms with Gasteiger partial charge in [-0.1, -0.05) is 42.5 Å². The zero-order chi connectivity index (χ0) is 20.8. The summed E-state index contributed by atoms with van der Waals surface area (Å²) in [5.41, 5.74) is 6.27. The summed E-state index contributed by atoms with van der Waals surface area (Å²) in [7, 11) is 1.81. The molecule has 0 atom stereocenters. The smallest absolute Gasteiger partial charge is 0.191 e. The van der Waals surface area contributed by atoms with Crippen LogP contribution in [0.4, 0.5) is 0 Å². The largest absolute Gasteiger partial charge is 0.358 e. The Kier molecular flexibility index (Phi) is 6.13. The number of aliphatic imine (C=N–C) groups is 1. The van der Waals surface area contributed by atoms with Crippen LogP contribution >= 0.6 is 0 Å². The third kappa shape index (κ3) is 4.54. The molecule has 0 amide bonds. The second kappa shape index (κ2) is 9.31. The zero-order valence-corrected chi connectivity index (χ0v) is 17.5. The summed E-state index contributed by atoms with van der Waals surface area (Å²) in [6.07, 6.45) is 4.73. The number of guanidine groups is 1. The molecule has 6 heteroatoms. The molecule has 30 heavy (non-hydrogen) atoms. The summed E-state index contributed by atoms with van der Waals surface area (Å²) in [5, 5.41) is 12.5. The average Bonchev–Trinajstić information content (AvgIpc) is 3.39. The summed E-state index contributed by atoms with van der Waals surface area (Å²) < 4.78 is 1.94. The van der Waals surface area contributed by atoms with Crippen molar-refractivity contribution in [1.82, 2.24) is 25.4 Å². The molecular weight excluding hydrogens is 372 g/mol. The van der Waals surface area contributed by atoms with Crippen LogP contribution in [0.1, 0.15) is 22.4 Å². The zero-order valence-electron chi connectivity index (χ0n) is 17.5. The van der Waals surface area contributed by atoms with E-state index in [1.807, 2.05) is 30.2 Å². The van der Waals surface area contributed by atoms with Gasteiger partial charge in [0.15, 0.2) is 5.96 Å². The molecule has 0 aliphatic carbocycles. The number of aryl methyl sites for hydroxylation is 1. The Bertz CT molecular complexity index is 1120. The number of benzene rings is 2. The topological polar surface area (TPSA) is 70.0 Å². The fourth-order valence-corrected chi connectivity index (χ4v) is 3.82. The standard InChI is InChI=1S/C24H28N6/c1-18-21(22-10-5-6-11-23(22)29-18)12-14-26-24(25-2)27-16-19-8-3-4-9-20(19)17-30-15-7-13-28-30/h3-11,13,15,29H,12,14,16-17H2,1-2H3,(H2,25,26,27). The van der Waals surface area contributed by atoms with E-state index in [0.717, 1.165) is 25.5 Å². The molecule has 0 saturated heterocycles. The quantitative estimate of drug-likeness (QED) is 0.328. The number of nitrogens with zero attached hydrogens (tertiary/aromatic N) is 3. The van der Waals surface area contributed by atoms with E-state index >= 15 is 0 Å². The van der Waals surface area contributed by atoms with Gasteiger partial charge < -0.3 is 15.6 Å². The molecule has 4 aromatic rings. The van der Waals surface area contributed by atoms with Gasteiger partial charge in [0.1, 0.15) is 0 Å². The lowest BCUT2D eigenvalue weighted by Gasteiger charge is -2.14. The van der Waals surface area contributed by atoms with Gasteiger partial charge in [-0.3, -0.25) is 9.67 Å². The Morgan fingerprint density at radius 2 is 1.83 bits per heavy atom. The van der Waals surface area contributed by atoms with Crippen molar-refractivity contribution in [2.45, 2.75) is 26.4 Å². The van der Waals surface area contributed by atoms with E-state index in [1.165, 1.54) is 33.3 Å². The number of nitrogens with one attached hydrogen (secondary N) is 3. The van der Waals surface area contributed by atoms with Crippen molar-refractivity contribution >= 4 is 16.9 Å². The Balaban J connectivity index is 1.34. The summed E-state index contributed by atoms with van der Waals surface area (Å²) in [4.78, 5) is 7.85. The van der Waals surface area contributed by atoms with Crippen molar-refractivity contribution in [3.8, 4) is 0 Å². The van der Waals surface area contributed by atoms with Gasteiger partial charge in [0, 0.05) is 49.1 Å². The van der Waals surface area contributed by atoms with E-state index < -0.39 is 0 Å². The van der Waals surface area contributed by atoms with Gasteiger partial charge in [-0.05, 0) is 42.2 Å². The first-order valence-corrected chi connectivity index (χ1v) is 10.3. The van der Waals surface area contributed by atoms with E-state index in [0.29, 0.717) is 6.54 Å².